The summed E-state index contributed by atoms with van der Waals surface area (Å²) in [5.41, 5.74) is 3.20. The number of aliphatic hydroxyl groups is 2. The fraction of sp³-hybridized carbons (Fsp3) is 0.240. The van der Waals surface area contributed by atoms with Crippen molar-refractivity contribution in [2.45, 2.75) is 24.5 Å². The Bertz CT molecular complexity index is 1170. The number of fused-ring (bicyclic) bond motifs is 3. The molecule has 0 radical (unpaired) electrons. The molecule has 4 rings (SSSR count). The molecule has 9 heteroatoms. The van der Waals surface area contributed by atoms with Crippen LogP contribution in [0.5, 0.6) is 0 Å². The van der Waals surface area contributed by atoms with Gasteiger partial charge < -0.3 is 20.3 Å². The van der Waals surface area contributed by atoms with Crippen molar-refractivity contribution in [3.8, 4) is 11.1 Å². The number of aliphatic hydroxyl groups excluding tert-OH is 2. The Morgan fingerprint density at radius 3 is 2.26 bits per heavy atom. The summed E-state index contributed by atoms with van der Waals surface area (Å²) in [6, 6.07) is 19.2. The molecule has 0 aliphatic heterocycles. The lowest BCUT2D eigenvalue weighted by Gasteiger charge is -2.19. The van der Waals surface area contributed by atoms with Crippen molar-refractivity contribution in [2.24, 2.45) is 0 Å². The van der Waals surface area contributed by atoms with Gasteiger partial charge in [0.1, 0.15) is 12.7 Å². The third kappa shape index (κ3) is 4.61. The highest BCUT2D eigenvalue weighted by Crippen LogP contribution is 2.44. The topological polar surface area (TPSA) is 122 Å². The van der Waals surface area contributed by atoms with Gasteiger partial charge >= 0.3 is 11.8 Å². The summed E-state index contributed by atoms with van der Waals surface area (Å²) in [6.45, 7) is 0.0787. The Kier molecular flexibility index (Phi) is 6.85. The first-order valence-electron chi connectivity index (χ1n) is 10.8. The molecule has 34 heavy (non-hydrogen) atoms. The van der Waals surface area contributed by atoms with Crippen molar-refractivity contribution >= 4 is 11.8 Å². The fourth-order valence-electron chi connectivity index (χ4n) is 4.24. The van der Waals surface area contributed by atoms with E-state index in [0.29, 0.717) is 0 Å². The lowest BCUT2D eigenvalue weighted by Crippen LogP contribution is -2.31. The number of hydrogen-bond acceptors (Lipinski definition) is 6. The third-order valence-electron chi connectivity index (χ3n) is 5.94. The van der Waals surface area contributed by atoms with Crippen LogP contribution in [0, 0.1) is 15.9 Å². The number of halogens is 1. The monoisotopic (exact) mass is 466 g/mol. The summed E-state index contributed by atoms with van der Waals surface area (Å²) in [5.74, 6) is -1.30. The van der Waals surface area contributed by atoms with E-state index < -0.39 is 34.7 Å². The zero-order valence-electron chi connectivity index (χ0n) is 18.1. The van der Waals surface area contributed by atoms with Gasteiger partial charge in [-0.05, 0) is 28.7 Å². The van der Waals surface area contributed by atoms with Crippen LogP contribution in [-0.4, -0.2) is 40.5 Å². The molecule has 3 N–H and O–H groups in total. The van der Waals surface area contributed by atoms with Crippen molar-refractivity contribution in [3.63, 3.8) is 0 Å². The van der Waals surface area contributed by atoms with Crippen LogP contribution in [0.3, 0.4) is 0 Å². The number of nitrogens with one attached hydrogen (secondary N) is 1. The van der Waals surface area contributed by atoms with Gasteiger partial charge in [0.05, 0.1) is 11.0 Å². The number of hydrogen-bond donors (Lipinski definition) is 3. The molecular formula is C25H23FN2O6. The number of carbonyl (C=O) groups is 1. The molecular weight excluding hydrogens is 443 g/mol. The number of carbonyl (C=O) groups excluding carboxylic acids is 1. The van der Waals surface area contributed by atoms with Crippen LogP contribution in [-0.2, 0) is 4.74 Å². The van der Waals surface area contributed by atoms with Crippen molar-refractivity contribution < 1.29 is 29.1 Å². The van der Waals surface area contributed by atoms with E-state index in [-0.39, 0.29) is 31.1 Å². The quantitative estimate of drug-likeness (QED) is 0.340. The number of rotatable bonds is 8. The first kappa shape index (κ1) is 23.3. The largest absolute Gasteiger partial charge is 0.449 e. The third-order valence-corrected chi connectivity index (χ3v) is 5.94. The summed E-state index contributed by atoms with van der Waals surface area (Å²) in [5, 5.41) is 33.8. The summed E-state index contributed by atoms with van der Waals surface area (Å²) in [7, 11) is 0. The van der Waals surface area contributed by atoms with Crippen LogP contribution < -0.4 is 5.32 Å². The van der Waals surface area contributed by atoms with Crippen molar-refractivity contribution in [3.05, 3.63) is 99.4 Å². The second-order valence-electron chi connectivity index (χ2n) is 7.99. The van der Waals surface area contributed by atoms with Crippen molar-refractivity contribution in [1.82, 2.24) is 5.32 Å². The van der Waals surface area contributed by atoms with Gasteiger partial charge in [0.25, 0.3) is 0 Å². The molecule has 0 fully saturated rings. The molecule has 0 saturated carbocycles. The molecule has 176 valence electrons. The van der Waals surface area contributed by atoms with Crippen LogP contribution in [0.4, 0.5) is 14.9 Å². The maximum absolute atomic E-state index is 14.2. The molecule has 3 aromatic rings. The molecule has 8 nitrogen and oxygen atoms in total. The summed E-state index contributed by atoms with van der Waals surface area (Å²) >= 11 is 0. The highest BCUT2D eigenvalue weighted by atomic mass is 19.1. The second-order valence-corrected chi connectivity index (χ2v) is 7.99. The molecule has 0 aromatic heterocycles. The number of nitro benzene ring substituents is 1. The smallest absolute Gasteiger partial charge is 0.407 e. The molecule has 2 atom stereocenters. The van der Waals surface area contributed by atoms with E-state index in [1.807, 2.05) is 48.5 Å². The van der Waals surface area contributed by atoms with Gasteiger partial charge in [-0.15, -0.1) is 0 Å². The minimum atomic E-state index is -1.69. The zero-order valence-corrected chi connectivity index (χ0v) is 18.1. The minimum Gasteiger partial charge on any atom is -0.449 e. The minimum absolute atomic E-state index is 0.0502. The van der Waals surface area contributed by atoms with Gasteiger partial charge in [-0.25, -0.2) is 4.79 Å². The van der Waals surface area contributed by atoms with Gasteiger partial charge in [-0.1, -0.05) is 60.7 Å². The molecule has 1 amide bonds. The number of alkyl carbamates (subject to hydrolysis) is 1. The van der Waals surface area contributed by atoms with Crippen molar-refractivity contribution in [1.29, 1.82) is 0 Å². The predicted octanol–water partition coefficient (Wildman–Crippen LogP) is 4.06. The van der Waals surface area contributed by atoms with E-state index in [0.717, 1.165) is 34.4 Å². The second kappa shape index (κ2) is 9.98. The van der Waals surface area contributed by atoms with Crippen LogP contribution in [0.15, 0.2) is 66.7 Å². The predicted molar refractivity (Wildman–Crippen MR) is 122 cm³/mol. The Morgan fingerprint density at radius 1 is 1.03 bits per heavy atom. The highest BCUT2D eigenvalue weighted by molar-refractivity contribution is 5.79. The van der Waals surface area contributed by atoms with Gasteiger partial charge in [0.15, 0.2) is 0 Å². The maximum atomic E-state index is 14.2. The molecule has 1 aliphatic carbocycles. The first-order valence-corrected chi connectivity index (χ1v) is 10.8. The highest BCUT2D eigenvalue weighted by Gasteiger charge is 2.29. The SMILES string of the molecule is O=C(NCCC(O)C(O)c1cccc([N+](=O)[O-])c1F)OCC1c2ccccc2-c2ccccc21. The molecule has 0 bridgehead atoms. The Morgan fingerprint density at radius 2 is 1.65 bits per heavy atom. The van der Waals surface area contributed by atoms with Gasteiger partial charge in [-0.2, -0.15) is 4.39 Å². The lowest BCUT2D eigenvalue weighted by atomic mass is 9.98. The van der Waals surface area contributed by atoms with Crippen LogP contribution >= 0.6 is 0 Å². The standard InChI is InChI=1S/C25H23FN2O6/c26-23-19(10-5-11-21(23)28(32)33)24(30)22(29)12-13-27-25(31)34-14-20-17-8-3-1-6-15(17)16-7-2-4-9-18(16)20/h1-11,20,22,24,29-30H,12-14H2,(H,27,31). The zero-order chi connectivity index (χ0) is 24.2. The number of nitrogens with zero attached hydrogens (tertiary/aromatic N) is 1. The first-order chi connectivity index (χ1) is 16.4. The van der Waals surface area contributed by atoms with Gasteiger partial charge in [0.2, 0.25) is 5.82 Å². The van der Waals surface area contributed by atoms with Gasteiger partial charge in [0, 0.05) is 24.1 Å². The molecule has 0 heterocycles. The van der Waals surface area contributed by atoms with Crippen LogP contribution in [0.25, 0.3) is 11.1 Å². The molecule has 3 aromatic carbocycles. The van der Waals surface area contributed by atoms with E-state index in [1.54, 1.807) is 0 Å². The number of nitro groups is 1. The van der Waals surface area contributed by atoms with E-state index in [2.05, 4.69) is 5.32 Å². The number of benzene rings is 3. The number of ether oxygens (including phenoxy) is 1. The fourth-order valence-corrected chi connectivity index (χ4v) is 4.24. The van der Waals surface area contributed by atoms with E-state index in [4.69, 9.17) is 4.74 Å². The van der Waals surface area contributed by atoms with E-state index in [1.165, 1.54) is 6.07 Å². The number of amides is 1. The Balaban J connectivity index is 1.30. The molecule has 0 spiro atoms. The maximum Gasteiger partial charge on any atom is 0.407 e. The summed E-state index contributed by atoms with van der Waals surface area (Å²) < 4.78 is 19.6. The molecule has 1 aliphatic rings. The Hall–Kier alpha value is -3.82. The van der Waals surface area contributed by atoms with Gasteiger partial charge in [-0.3, -0.25) is 10.1 Å². The Labute approximate surface area is 194 Å². The summed E-state index contributed by atoms with van der Waals surface area (Å²) in [4.78, 5) is 22.2. The van der Waals surface area contributed by atoms with Crippen LogP contribution in [0.1, 0.15) is 35.1 Å². The van der Waals surface area contributed by atoms with Crippen molar-refractivity contribution in [2.75, 3.05) is 13.2 Å². The normalized spacial score (nSPS) is 14.1. The average Bonchev–Trinajstić information content (AvgIpc) is 3.16. The van der Waals surface area contributed by atoms with Crippen LogP contribution in [0.2, 0.25) is 0 Å². The molecule has 2 unspecified atom stereocenters. The van der Waals surface area contributed by atoms with E-state index >= 15 is 0 Å². The lowest BCUT2D eigenvalue weighted by molar-refractivity contribution is -0.387. The average molecular weight is 466 g/mol. The van der Waals surface area contributed by atoms with E-state index in [9.17, 15) is 29.5 Å². The molecule has 0 saturated heterocycles. The summed E-state index contributed by atoms with van der Waals surface area (Å²) in [6.07, 6.45) is -3.95.